The van der Waals surface area contributed by atoms with Gasteiger partial charge >= 0.3 is 5.97 Å². The number of hydrogen-bond donors (Lipinski definition) is 0. The summed E-state index contributed by atoms with van der Waals surface area (Å²) < 4.78 is 11.5. The molecule has 2 heterocycles. The molecule has 0 fully saturated rings. The minimum atomic E-state index is -0.434. The minimum Gasteiger partial charge on any atom is -0.489 e. The van der Waals surface area contributed by atoms with Crippen molar-refractivity contribution >= 4 is 5.97 Å². The predicted octanol–water partition coefficient (Wildman–Crippen LogP) is 5.73. The lowest BCUT2D eigenvalue weighted by molar-refractivity contribution is -0.155. The maximum atomic E-state index is 12.0. The van der Waals surface area contributed by atoms with Gasteiger partial charge in [-0.15, -0.1) is 0 Å². The standard InChI is InChI=1S/C29H34N2O3/c1-21-16-24(10-11-27(21)33-20-22-8-6-5-7-9-22)26-17-23-12-14-31(19-25(23)18-30-26)15-13-28(32)34-29(2,3)4/h5-11,16-18H,12-15,19-20H2,1-4H3. The number of benzene rings is 2. The number of aromatic nitrogens is 1. The Balaban J connectivity index is 1.37. The summed E-state index contributed by atoms with van der Waals surface area (Å²) in [4.78, 5) is 19.1. The van der Waals surface area contributed by atoms with Gasteiger partial charge in [-0.25, -0.2) is 0 Å². The van der Waals surface area contributed by atoms with Crippen LogP contribution in [0.5, 0.6) is 5.75 Å². The number of aryl methyl sites for hydroxylation is 1. The molecule has 0 amide bonds. The van der Waals surface area contributed by atoms with Gasteiger partial charge in [0.25, 0.3) is 0 Å². The summed E-state index contributed by atoms with van der Waals surface area (Å²) >= 11 is 0. The zero-order chi connectivity index (χ0) is 24.1. The molecule has 178 valence electrons. The van der Waals surface area contributed by atoms with Gasteiger partial charge in [0, 0.05) is 31.4 Å². The minimum absolute atomic E-state index is 0.140. The molecular weight excluding hydrogens is 424 g/mol. The molecule has 0 saturated heterocycles. The van der Waals surface area contributed by atoms with Crippen LogP contribution in [0.3, 0.4) is 0 Å². The van der Waals surface area contributed by atoms with E-state index in [1.165, 1.54) is 11.1 Å². The van der Waals surface area contributed by atoms with Crippen molar-refractivity contribution in [2.75, 3.05) is 13.1 Å². The average molecular weight is 459 g/mol. The maximum absolute atomic E-state index is 12.0. The molecule has 0 radical (unpaired) electrons. The van der Waals surface area contributed by atoms with Gasteiger partial charge in [0.05, 0.1) is 12.1 Å². The second-order valence-corrected chi connectivity index (χ2v) is 9.96. The zero-order valence-corrected chi connectivity index (χ0v) is 20.6. The zero-order valence-electron chi connectivity index (χ0n) is 20.6. The van der Waals surface area contributed by atoms with E-state index < -0.39 is 5.60 Å². The number of carbonyl (C=O) groups excluding carboxylic acids is 1. The van der Waals surface area contributed by atoms with Crippen LogP contribution >= 0.6 is 0 Å². The van der Waals surface area contributed by atoms with Crippen LogP contribution < -0.4 is 4.74 Å². The predicted molar refractivity (Wildman–Crippen MR) is 135 cm³/mol. The van der Waals surface area contributed by atoms with E-state index in [0.717, 1.165) is 47.6 Å². The monoisotopic (exact) mass is 458 g/mol. The molecule has 1 aliphatic heterocycles. The van der Waals surface area contributed by atoms with E-state index in [0.29, 0.717) is 19.6 Å². The normalized spacial score (nSPS) is 13.9. The van der Waals surface area contributed by atoms with Crippen LogP contribution in [0.25, 0.3) is 11.3 Å². The molecule has 1 aromatic heterocycles. The van der Waals surface area contributed by atoms with Gasteiger partial charge in [-0.05, 0) is 80.6 Å². The Morgan fingerprint density at radius 2 is 1.85 bits per heavy atom. The second-order valence-electron chi connectivity index (χ2n) is 9.96. The van der Waals surface area contributed by atoms with E-state index in [2.05, 4.69) is 42.2 Å². The van der Waals surface area contributed by atoms with Crippen LogP contribution in [0.2, 0.25) is 0 Å². The molecular formula is C29H34N2O3. The van der Waals surface area contributed by atoms with Gasteiger partial charge in [0.1, 0.15) is 18.0 Å². The fourth-order valence-electron chi connectivity index (χ4n) is 4.20. The summed E-state index contributed by atoms with van der Waals surface area (Å²) in [5.41, 5.74) is 6.47. The Morgan fingerprint density at radius 3 is 2.59 bits per heavy atom. The van der Waals surface area contributed by atoms with Crippen molar-refractivity contribution < 1.29 is 14.3 Å². The Kier molecular flexibility index (Phi) is 7.32. The first-order chi connectivity index (χ1) is 16.3. The Bertz CT molecular complexity index is 1140. The number of nitrogens with zero attached hydrogens (tertiary/aromatic N) is 2. The fraction of sp³-hybridized carbons (Fsp3) is 0.379. The Hall–Kier alpha value is -3.18. The largest absolute Gasteiger partial charge is 0.489 e. The van der Waals surface area contributed by atoms with Crippen molar-refractivity contribution in [3.63, 3.8) is 0 Å². The highest BCUT2D eigenvalue weighted by atomic mass is 16.6. The van der Waals surface area contributed by atoms with Crippen molar-refractivity contribution in [1.29, 1.82) is 0 Å². The van der Waals surface area contributed by atoms with Gasteiger partial charge in [0.15, 0.2) is 0 Å². The summed E-state index contributed by atoms with van der Waals surface area (Å²) in [6, 6.07) is 18.7. The van der Waals surface area contributed by atoms with Crippen molar-refractivity contribution in [3.05, 3.63) is 83.0 Å². The lowest BCUT2D eigenvalue weighted by Crippen LogP contribution is -2.33. The molecule has 0 atom stereocenters. The number of esters is 1. The number of carbonyl (C=O) groups is 1. The van der Waals surface area contributed by atoms with Crippen molar-refractivity contribution in [3.8, 4) is 17.0 Å². The van der Waals surface area contributed by atoms with E-state index in [1.807, 2.05) is 51.2 Å². The van der Waals surface area contributed by atoms with Gasteiger partial charge in [0.2, 0.25) is 0 Å². The Morgan fingerprint density at radius 1 is 1.06 bits per heavy atom. The Labute approximate surface area is 202 Å². The van der Waals surface area contributed by atoms with E-state index >= 15 is 0 Å². The van der Waals surface area contributed by atoms with E-state index in [9.17, 15) is 4.79 Å². The van der Waals surface area contributed by atoms with E-state index in [1.54, 1.807) is 0 Å². The van der Waals surface area contributed by atoms with Gasteiger partial charge in [-0.3, -0.25) is 14.7 Å². The lowest BCUT2D eigenvalue weighted by atomic mass is 9.98. The highest BCUT2D eigenvalue weighted by Crippen LogP contribution is 2.28. The number of hydrogen-bond acceptors (Lipinski definition) is 5. The summed E-state index contributed by atoms with van der Waals surface area (Å²) in [6.07, 6.45) is 3.35. The molecule has 3 aromatic rings. The van der Waals surface area contributed by atoms with Crippen molar-refractivity contribution in [1.82, 2.24) is 9.88 Å². The molecule has 2 aromatic carbocycles. The highest BCUT2D eigenvalue weighted by molar-refractivity contribution is 5.70. The van der Waals surface area contributed by atoms with Crippen LogP contribution in [0.15, 0.2) is 60.8 Å². The van der Waals surface area contributed by atoms with Crippen LogP contribution in [-0.4, -0.2) is 34.5 Å². The summed E-state index contributed by atoms with van der Waals surface area (Å²) in [7, 11) is 0. The summed E-state index contributed by atoms with van der Waals surface area (Å²) in [5, 5.41) is 0. The number of pyridine rings is 1. The van der Waals surface area contributed by atoms with E-state index in [-0.39, 0.29) is 5.97 Å². The molecule has 0 N–H and O–H groups in total. The molecule has 5 heteroatoms. The van der Waals surface area contributed by atoms with E-state index in [4.69, 9.17) is 14.5 Å². The molecule has 1 aliphatic rings. The second kappa shape index (κ2) is 10.4. The SMILES string of the molecule is Cc1cc(-c2cc3c(cn2)CN(CCC(=O)OC(C)(C)C)CC3)ccc1OCc1ccccc1. The fourth-order valence-corrected chi connectivity index (χ4v) is 4.20. The first-order valence-electron chi connectivity index (χ1n) is 12.0. The lowest BCUT2D eigenvalue weighted by Gasteiger charge is -2.29. The third kappa shape index (κ3) is 6.45. The van der Waals surface area contributed by atoms with Gasteiger partial charge < -0.3 is 9.47 Å². The third-order valence-corrected chi connectivity index (χ3v) is 5.93. The first kappa shape index (κ1) is 24.0. The molecule has 4 rings (SSSR count). The first-order valence-corrected chi connectivity index (χ1v) is 12.0. The molecule has 0 aliphatic carbocycles. The molecule has 0 bridgehead atoms. The number of ether oxygens (including phenoxy) is 2. The highest BCUT2D eigenvalue weighted by Gasteiger charge is 2.21. The maximum Gasteiger partial charge on any atom is 0.307 e. The molecule has 5 nitrogen and oxygen atoms in total. The van der Waals surface area contributed by atoms with Crippen LogP contribution in [0, 0.1) is 6.92 Å². The third-order valence-electron chi connectivity index (χ3n) is 5.93. The smallest absolute Gasteiger partial charge is 0.307 e. The van der Waals surface area contributed by atoms with Crippen LogP contribution in [0.1, 0.15) is 49.4 Å². The molecule has 0 spiro atoms. The number of fused-ring (bicyclic) bond motifs is 1. The average Bonchev–Trinajstić information content (AvgIpc) is 2.81. The van der Waals surface area contributed by atoms with Gasteiger partial charge in [-0.2, -0.15) is 0 Å². The molecule has 34 heavy (non-hydrogen) atoms. The number of rotatable bonds is 7. The van der Waals surface area contributed by atoms with Crippen LogP contribution in [0.4, 0.5) is 0 Å². The quantitative estimate of drug-likeness (QED) is 0.424. The van der Waals surface area contributed by atoms with Crippen molar-refractivity contribution in [2.45, 2.75) is 59.3 Å². The van der Waals surface area contributed by atoms with Crippen LogP contribution in [-0.2, 0) is 29.1 Å². The van der Waals surface area contributed by atoms with Gasteiger partial charge in [-0.1, -0.05) is 30.3 Å². The summed E-state index contributed by atoms with van der Waals surface area (Å²) in [6.45, 7) is 10.8. The van der Waals surface area contributed by atoms with Crippen molar-refractivity contribution in [2.24, 2.45) is 0 Å². The topological polar surface area (TPSA) is 51.7 Å². The molecule has 0 unspecified atom stereocenters. The molecule has 0 saturated carbocycles. The summed E-state index contributed by atoms with van der Waals surface area (Å²) in [5.74, 6) is 0.754.